The molecular weight excluding hydrogens is 440 g/mol. The highest BCUT2D eigenvalue weighted by Gasteiger charge is 2.23. The van der Waals surface area contributed by atoms with E-state index in [1.807, 2.05) is 24.3 Å². The van der Waals surface area contributed by atoms with Crippen molar-refractivity contribution in [1.29, 1.82) is 0 Å². The zero-order valence-corrected chi connectivity index (χ0v) is 19.3. The van der Waals surface area contributed by atoms with Crippen molar-refractivity contribution in [3.63, 3.8) is 0 Å². The fourth-order valence-electron chi connectivity index (χ4n) is 2.97. The van der Waals surface area contributed by atoms with Crippen molar-refractivity contribution in [1.82, 2.24) is 0 Å². The van der Waals surface area contributed by atoms with Gasteiger partial charge in [0, 0.05) is 17.6 Å². The minimum absolute atomic E-state index is 0.0206. The predicted molar refractivity (Wildman–Crippen MR) is 125 cm³/mol. The molecule has 0 heterocycles. The van der Waals surface area contributed by atoms with Crippen LogP contribution in [-0.2, 0) is 24.5 Å². The topological polar surface area (TPSA) is 112 Å². The van der Waals surface area contributed by atoms with Crippen molar-refractivity contribution in [3.05, 3.63) is 85.0 Å². The van der Waals surface area contributed by atoms with Crippen molar-refractivity contribution in [2.24, 2.45) is 0 Å². The maximum atomic E-state index is 11.1. The van der Waals surface area contributed by atoms with E-state index in [-0.39, 0.29) is 25.2 Å². The average Bonchev–Trinajstić information content (AvgIpc) is 2.85. The summed E-state index contributed by atoms with van der Waals surface area (Å²) in [6.07, 6.45) is -0.201. The Morgan fingerprint density at radius 2 is 1.29 bits per heavy atom. The third-order valence-electron chi connectivity index (χ3n) is 4.99. The van der Waals surface area contributed by atoms with Crippen LogP contribution in [-0.4, -0.2) is 54.4 Å². The molecule has 34 heavy (non-hydrogen) atoms. The third-order valence-corrected chi connectivity index (χ3v) is 4.99. The summed E-state index contributed by atoms with van der Waals surface area (Å²) in [5, 5.41) is 19.7. The lowest BCUT2D eigenvalue weighted by molar-refractivity contribution is -0.148. The fraction of sp³-hybridized carbons (Fsp3) is 0.308. The Balaban J connectivity index is 1.93. The van der Waals surface area contributed by atoms with E-state index in [4.69, 9.17) is 18.9 Å². The van der Waals surface area contributed by atoms with Gasteiger partial charge < -0.3 is 29.2 Å². The Kier molecular flexibility index (Phi) is 9.85. The summed E-state index contributed by atoms with van der Waals surface area (Å²) in [5.41, 5.74) is 1.71. The molecule has 0 aliphatic rings. The molecule has 182 valence electrons. The largest absolute Gasteiger partial charge is 0.491 e. The first-order valence-electron chi connectivity index (χ1n) is 10.6. The first-order chi connectivity index (χ1) is 16.1. The molecule has 2 atom stereocenters. The van der Waals surface area contributed by atoms with Gasteiger partial charge in [0.15, 0.2) is 6.61 Å². The molecule has 8 nitrogen and oxygen atoms in total. The van der Waals surface area contributed by atoms with Gasteiger partial charge in [-0.2, -0.15) is 0 Å². The van der Waals surface area contributed by atoms with Crippen molar-refractivity contribution in [2.75, 3.05) is 19.8 Å². The minimum Gasteiger partial charge on any atom is -0.491 e. The molecule has 0 aliphatic heterocycles. The molecule has 0 saturated carbocycles. The Hall–Kier alpha value is -3.62. The number of aliphatic hydroxyl groups excluding tert-OH is 2. The SMILES string of the molecule is C=CC(=O)OCC(O)COc1ccc(C(C)(C)c2ccc(OC(O)COC(=O)C=C)cc2)cc1. The molecule has 0 radical (unpaired) electrons. The lowest BCUT2D eigenvalue weighted by Gasteiger charge is -2.26. The zero-order valence-electron chi connectivity index (χ0n) is 19.3. The van der Waals surface area contributed by atoms with Gasteiger partial charge >= 0.3 is 11.9 Å². The number of carbonyl (C=O) groups is 2. The highest BCUT2D eigenvalue weighted by atomic mass is 16.6. The molecule has 8 heteroatoms. The summed E-state index contributed by atoms with van der Waals surface area (Å²) in [5.74, 6) is -0.233. The second kappa shape index (κ2) is 12.6. The molecule has 2 N–H and O–H groups in total. The number of hydrogen-bond donors (Lipinski definition) is 2. The lowest BCUT2D eigenvalue weighted by atomic mass is 9.78. The normalized spacial score (nSPS) is 12.7. The van der Waals surface area contributed by atoms with Crippen molar-refractivity contribution in [2.45, 2.75) is 31.7 Å². The van der Waals surface area contributed by atoms with E-state index in [2.05, 4.69) is 27.0 Å². The smallest absolute Gasteiger partial charge is 0.330 e. The Bertz CT molecular complexity index is 963. The van der Waals surface area contributed by atoms with E-state index in [0.29, 0.717) is 11.5 Å². The molecule has 0 aliphatic carbocycles. The van der Waals surface area contributed by atoms with Gasteiger partial charge in [-0.25, -0.2) is 9.59 Å². The van der Waals surface area contributed by atoms with Gasteiger partial charge in [-0.3, -0.25) is 0 Å². The van der Waals surface area contributed by atoms with Crippen LogP contribution in [0.1, 0.15) is 25.0 Å². The highest BCUT2D eigenvalue weighted by Crippen LogP contribution is 2.33. The lowest BCUT2D eigenvalue weighted by Crippen LogP contribution is -2.24. The standard InChI is InChI=1S/C26H30O8/c1-5-23(28)32-16-20(27)15-31-21-11-7-18(8-12-21)26(3,4)19-9-13-22(14-10-19)34-25(30)17-33-24(29)6-2/h5-14,20,25,27,30H,1-2,15-17H2,3-4H3. The van der Waals surface area contributed by atoms with Crippen LogP contribution in [0.3, 0.4) is 0 Å². The van der Waals surface area contributed by atoms with E-state index in [9.17, 15) is 19.8 Å². The first-order valence-corrected chi connectivity index (χ1v) is 10.6. The van der Waals surface area contributed by atoms with Crippen molar-refractivity contribution >= 4 is 11.9 Å². The number of ether oxygens (including phenoxy) is 4. The second-order valence-electron chi connectivity index (χ2n) is 7.88. The van der Waals surface area contributed by atoms with E-state index >= 15 is 0 Å². The van der Waals surface area contributed by atoms with Crippen LogP contribution in [0.15, 0.2) is 73.8 Å². The first kappa shape index (κ1) is 26.6. The van der Waals surface area contributed by atoms with Crippen LogP contribution in [0.2, 0.25) is 0 Å². The number of carbonyl (C=O) groups excluding carboxylic acids is 2. The Labute approximate surface area is 199 Å². The van der Waals surface area contributed by atoms with Gasteiger partial charge in [0.05, 0.1) is 0 Å². The summed E-state index contributed by atoms with van der Waals surface area (Å²) >= 11 is 0. The summed E-state index contributed by atoms with van der Waals surface area (Å²) in [6, 6.07) is 14.7. The third kappa shape index (κ3) is 8.06. The van der Waals surface area contributed by atoms with Gasteiger partial charge in [0.2, 0.25) is 6.29 Å². The summed E-state index contributed by atoms with van der Waals surface area (Å²) < 4.78 is 20.4. The second-order valence-corrected chi connectivity index (χ2v) is 7.88. The maximum Gasteiger partial charge on any atom is 0.330 e. The molecule has 0 amide bonds. The number of esters is 2. The van der Waals surface area contributed by atoms with E-state index < -0.39 is 24.3 Å². The summed E-state index contributed by atoms with van der Waals surface area (Å²) in [4.78, 5) is 22.1. The molecule has 0 fully saturated rings. The van der Waals surface area contributed by atoms with E-state index in [0.717, 1.165) is 23.3 Å². The minimum atomic E-state index is -1.29. The quantitative estimate of drug-likeness (QED) is 0.261. The summed E-state index contributed by atoms with van der Waals surface area (Å²) in [6.45, 7) is 10.2. The van der Waals surface area contributed by atoms with Crippen molar-refractivity contribution in [3.8, 4) is 11.5 Å². The molecule has 2 aromatic rings. The Morgan fingerprint density at radius 1 is 0.824 bits per heavy atom. The number of aliphatic hydroxyl groups is 2. The highest BCUT2D eigenvalue weighted by molar-refractivity contribution is 5.81. The van der Waals surface area contributed by atoms with Gasteiger partial charge in [-0.15, -0.1) is 0 Å². The van der Waals surface area contributed by atoms with Crippen LogP contribution in [0.5, 0.6) is 11.5 Å². The molecule has 0 spiro atoms. The van der Waals surface area contributed by atoms with Crippen LogP contribution >= 0.6 is 0 Å². The number of hydrogen-bond acceptors (Lipinski definition) is 8. The van der Waals surface area contributed by atoms with Crippen LogP contribution in [0.25, 0.3) is 0 Å². The summed E-state index contributed by atoms with van der Waals surface area (Å²) in [7, 11) is 0. The molecule has 2 rings (SSSR count). The molecule has 2 unspecified atom stereocenters. The van der Waals surface area contributed by atoms with Gasteiger partial charge in [0.1, 0.15) is 30.8 Å². The monoisotopic (exact) mass is 470 g/mol. The zero-order chi connectivity index (χ0) is 25.1. The van der Waals surface area contributed by atoms with Gasteiger partial charge in [-0.05, 0) is 35.4 Å². The molecular formula is C26H30O8. The fourth-order valence-corrected chi connectivity index (χ4v) is 2.97. The molecule has 0 bridgehead atoms. The maximum absolute atomic E-state index is 11.1. The number of benzene rings is 2. The van der Waals surface area contributed by atoms with Crippen LogP contribution in [0.4, 0.5) is 0 Å². The molecule has 0 saturated heterocycles. The number of rotatable bonds is 13. The average molecular weight is 471 g/mol. The van der Waals surface area contributed by atoms with Crippen molar-refractivity contribution < 1.29 is 38.7 Å². The van der Waals surface area contributed by atoms with E-state index in [1.165, 1.54) is 0 Å². The van der Waals surface area contributed by atoms with E-state index in [1.54, 1.807) is 24.3 Å². The predicted octanol–water partition coefficient (Wildman–Crippen LogP) is 2.91. The van der Waals surface area contributed by atoms with Crippen LogP contribution in [0, 0.1) is 0 Å². The molecule has 2 aromatic carbocycles. The van der Waals surface area contributed by atoms with Crippen LogP contribution < -0.4 is 9.47 Å². The van der Waals surface area contributed by atoms with Gasteiger partial charge in [-0.1, -0.05) is 51.3 Å². The van der Waals surface area contributed by atoms with Gasteiger partial charge in [0.25, 0.3) is 0 Å². The molecule has 0 aromatic heterocycles. The Morgan fingerprint density at radius 3 is 1.79 bits per heavy atom.